The molecule has 1 saturated heterocycles. The molecule has 1 aromatic carbocycles. The minimum atomic E-state index is -0.315. The van der Waals surface area contributed by atoms with Crippen LogP contribution in [-0.4, -0.2) is 45.9 Å². The van der Waals surface area contributed by atoms with Crippen molar-refractivity contribution in [1.82, 2.24) is 0 Å². The molecular weight excluding hydrogens is 256 g/mol. The summed E-state index contributed by atoms with van der Waals surface area (Å²) in [4.78, 5) is 13.9. The number of methoxy groups -OCH3 is 1. The number of likely N-dealkylation sites (N-methyl/N-ethyl adjacent to an activating group) is 1. The van der Waals surface area contributed by atoms with Gasteiger partial charge in [0.25, 0.3) is 0 Å². The van der Waals surface area contributed by atoms with E-state index in [1.807, 2.05) is 19.2 Å². The van der Waals surface area contributed by atoms with Gasteiger partial charge in [0, 0.05) is 26.7 Å². The lowest BCUT2D eigenvalue weighted by molar-refractivity contribution is -0.0444. The molecule has 1 aliphatic rings. The first-order chi connectivity index (χ1) is 9.69. The summed E-state index contributed by atoms with van der Waals surface area (Å²) in [6.07, 6.45) is 1.39. The Kier molecular flexibility index (Phi) is 4.84. The number of ether oxygens (including phenoxy) is 2. The first-order valence-electron chi connectivity index (χ1n) is 6.96. The van der Waals surface area contributed by atoms with Crippen molar-refractivity contribution in [3.63, 3.8) is 0 Å². The summed E-state index contributed by atoms with van der Waals surface area (Å²) >= 11 is 0. The minimum Gasteiger partial charge on any atom is -0.465 e. The van der Waals surface area contributed by atoms with Crippen LogP contribution < -0.4 is 10.2 Å². The molecule has 20 heavy (non-hydrogen) atoms. The van der Waals surface area contributed by atoms with E-state index in [1.165, 1.54) is 7.11 Å². The summed E-state index contributed by atoms with van der Waals surface area (Å²) in [5.41, 5.74) is 2.57. The molecule has 0 aliphatic carbocycles. The van der Waals surface area contributed by atoms with Gasteiger partial charge in [-0.1, -0.05) is 0 Å². The Hall–Kier alpha value is -1.75. The molecule has 0 spiro atoms. The van der Waals surface area contributed by atoms with Crippen molar-refractivity contribution in [2.45, 2.75) is 19.4 Å². The number of nitrogens with one attached hydrogen (secondary N) is 1. The van der Waals surface area contributed by atoms with Crippen molar-refractivity contribution in [3.05, 3.63) is 23.8 Å². The van der Waals surface area contributed by atoms with E-state index in [1.54, 1.807) is 6.07 Å². The van der Waals surface area contributed by atoms with E-state index >= 15 is 0 Å². The summed E-state index contributed by atoms with van der Waals surface area (Å²) in [6, 6.07) is 5.56. The highest BCUT2D eigenvalue weighted by atomic mass is 16.5. The van der Waals surface area contributed by atoms with Gasteiger partial charge in [0.1, 0.15) is 0 Å². The zero-order valence-corrected chi connectivity index (χ0v) is 12.3. The Morgan fingerprint density at radius 2 is 2.30 bits per heavy atom. The Bertz CT molecular complexity index is 472. The monoisotopic (exact) mass is 278 g/mol. The van der Waals surface area contributed by atoms with Crippen LogP contribution >= 0.6 is 0 Å². The van der Waals surface area contributed by atoms with E-state index in [0.29, 0.717) is 11.7 Å². The highest BCUT2D eigenvalue weighted by molar-refractivity contribution is 5.92. The second-order valence-electron chi connectivity index (χ2n) is 4.79. The summed E-state index contributed by atoms with van der Waals surface area (Å²) in [5.74, 6) is -0.315. The number of rotatable bonds is 6. The van der Waals surface area contributed by atoms with E-state index in [2.05, 4.69) is 17.1 Å². The smallest absolute Gasteiger partial charge is 0.337 e. The third-order valence-corrected chi connectivity index (χ3v) is 3.63. The quantitative estimate of drug-likeness (QED) is 0.808. The number of carbonyl (C=O) groups excluding carboxylic acids is 1. The van der Waals surface area contributed by atoms with Gasteiger partial charge in [0.05, 0.1) is 30.2 Å². The zero-order valence-electron chi connectivity index (χ0n) is 12.3. The molecule has 1 heterocycles. The Morgan fingerprint density at radius 3 is 2.80 bits per heavy atom. The Morgan fingerprint density at radius 1 is 1.55 bits per heavy atom. The predicted molar refractivity (Wildman–Crippen MR) is 79.6 cm³/mol. The third-order valence-electron chi connectivity index (χ3n) is 3.63. The lowest BCUT2D eigenvalue weighted by atomic mass is 10.1. The van der Waals surface area contributed by atoms with Crippen molar-refractivity contribution in [1.29, 1.82) is 0 Å². The number of carbonyl (C=O) groups is 1. The van der Waals surface area contributed by atoms with Crippen LogP contribution in [0.25, 0.3) is 0 Å². The molecule has 0 unspecified atom stereocenters. The van der Waals surface area contributed by atoms with Crippen molar-refractivity contribution in [3.8, 4) is 0 Å². The van der Waals surface area contributed by atoms with Crippen LogP contribution in [0.3, 0.4) is 0 Å². The number of anilines is 2. The maximum atomic E-state index is 11.7. The van der Waals surface area contributed by atoms with Gasteiger partial charge >= 0.3 is 5.97 Å². The van der Waals surface area contributed by atoms with Crippen LogP contribution in [0, 0.1) is 0 Å². The lowest BCUT2D eigenvalue weighted by Crippen LogP contribution is -2.40. The molecule has 1 fully saturated rings. The van der Waals surface area contributed by atoms with Gasteiger partial charge in [0.15, 0.2) is 0 Å². The van der Waals surface area contributed by atoms with E-state index in [4.69, 9.17) is 9.47 Å². The zero-order chi connectivity index (χ0) is 14.5. The van der Waals surface area contributed by atoms with Crippen molar-refractivity contribution < 1.29 is 14.3 Å². The van der Waals surface area contributed by atoms with Crippen molar-refractivity contribution in [2.75, 3.05) is 44.1 Å². The summed E-state index contributed by atoms with van der Waals surface area (Å²) in [6.45, 7) is 4.65. The van der Waals surface area contributed by atoms with E-state index in [0.717, 1.165) is 37.5 Å². The number of hydrogen-bond acceptors (Lipinski definition) is 5. The van der Waals surface area contributed by atoms with Crippen LogP contribution in [0.1, 0.15) is 23.7 Å². The fourth-order valence-electron chi connectivity index (χ4n) is 2.32. The molecule has 0 bridgehead atoms. The van der Waals surface area contributed by atoms with Gasteiger partial charge < -0.3 is 19.7 Å². The van der Waals surface area contributed by atoms with Crippen LogP contribution in [-0.2, 0) is 9.47 Å². The predicted octanol–water partition coefficient (Wildman–Crippen LogP) is 2.13. The molecule has 1 N–H and O–H groups in total. The summed E-state index contributed by atoms with van der Waals surface area (Å²) in [5, 5.41) is 3.17. The topological polar surface area (TPSA) is 50.8 Å². The number of hydrogen-bond donors (Lipinski definition) is 1. The standard InChI is InChI=1S/C15H22N2O3/c1-4-17(10-12-7-8-20-12)14-9-11(15(18)19-3)5-6-13(14)16-2/h5-6,9,12,16H,4,7-8,10H2,1-3H3/t12-/m0/s1. The molecule has 5 heteroatoms. The molecule has 0 radical (unpaired) electrons. The molecule has 0 saturated carbocycles. The highest BCUT2D eigenvalue weighted by Crippen LogP contribution is 2.28. The minimum absolute atomic E-state index is 0.293. The molecule has 1 atom stereocenters. The van der Waals surface area contributed by atoms with Gasteiger partial charge in [-0.15, -0.1) is 0 Å². The van der Waals surface area contributed by atoms with Crippen LogP contribution in [0.4, 0.5) is 11.4 Å². The Labute approximate surface area is 119 Å². The molecule has 2 rings (SSSR count). The van der Waals surface area contributed by atoms with Crippen molar-refractivity contribution >= 4 is 17.3 Å². The molecular formula is C15H22N2O3. The number of esters is 1. The first kappa shape index (κ1) is 14.7. The molecule has 0 aromatic heterocycles. The van der Waals surface area contributed by atoms with Crippen LogP contribution in [0.5, 0.6) is 0 Å². The van der Waals surface area contributed by atoms with Gasteiger partial charge in [-0.05, 0) is 31.5 Å². The normalized spacial score (nSPS) is 17.2. The SMILES string of the molecule is CCN(C[C@@H]1CCO1)c1cc(C(=O)OC)ccc1NC. The van der Waals surface area contributed by atoms with Gasteiger partial charge in [-0.3, -0.25) is 0 Å². The van der Waals surface area contributed by atoms with Crippen LogP contribution in [0.2, 0.25) is 0 Å². The van der Waals surface area contributed by atoms with E-state index in [9.17, 15) is 4.79 Å². The molecule has 0 amide bonds. The maximum Gasteiger partial charge on any atom is 0.337 e. The first-order valence-corrected chi connectivity index (χ1v) is 6.96. The fraction of sp³-hybridized carbons (Fsp3) is 0.533. The lowest BCUT2D eigenvalue weighted by Gasteiger charge is -2.34. The van der Waals surface area contributed by atoms with Crippen LogP contribution in [0.15, 0.2) is 18.2 Å². The second kappa shape index (κ2) is 6.61. The number of nitrogens with zero attached hydrogens (tertiary/aromatic N) is 1. The summed E-state index contributed by atoms with van der Waals surface area (Å²) in [7, 11) is 3.28. The van der Waals surface area contributed by atoms with Gasteiger partial charge in [0.2, 0.25) is 0 Å². The second-order valence-corrected chi connectivity index (χ2v) is 4.79. The Balaban J connectivity index is 2.26. The van der Waals surface area contributed by atoms with Gasteiger partial charge in [-0.25, -0.2) is 4.79 Å². The highest BCUT2D eigenvalue weighted by Gasteiger charge is 2.22. The largest absolute Gasteiger partial charge is 0.465 e. The maximum absolute atomic E-state index is 11.7. The molecule has 110 valence electrons. The average molecular weight is 278 g/mol. The van der Waals surface area contributed by atoms with E-state index < -0.39 is 0 Å². The number of benzene rings is 1. The summed E-state index contributed by atoms with van der Waals surface area (Å²) < 4.78 is 10.3. The van der Waals surface area contributed by atoms with Gasteiger partial charge in [-0.2, -0.15) is 0 Å². The molecule has 1 aliphatic heterocycles. The van der Waals surface area contributed by atoms with E-state index in [-0.39, 0.29) is 5.97 Å². The fourth-order valence-corrected chi connectivity index (χ4v) is 2.32. The molecule has 1 aromatic rings. The average Bonchev–Trinajstić information content (AvgIpc) is 2.45. The molecule has 5 nitrogen and oxygen atoms in total. The third kappa shape index (κ3) is 3.04. The van der Waals surface area contributed by atoms with Crippen molar-refractivity contribution in [2.24, 2.45) is 0 Å².